The number of benzene rings is 1. The fraction of sp³-hybridized carbons (Fsp3) is 0.500. The molecule has 0 bridgehead atoms. The molecule has 2 aromatic rings. The third kappa shape index (κ3) is 5.48. The van der Waals surface area contributed by atoms with Crippen molar-refractivity contribution in [1.29, 1.82) is 0 Å². The van der Waals surface area contributed by atoms with Crippen molar-refractivity contribution in [3.63, 3.8) is 0 Å². The summed E-state index contributed by atoms with van der Waals surface area (Å²) >= 11 is 7.04. The van der Waals surface area contributed by atoms with Crippen LogP contribution in [0.4, 0.5) is 0 Å². The average Bonchev–Trinajstić information content (AvgIpc) is 3.27. The Labute approximate surface area is 173 Å². The summed E-state index contributed by atoms with van der Waals surface area (Å²) in [7, 11) is -3.05. The molecule has 3 rings (SSSR count). The zero-order valence-corrected chi connectivity index (χ0v) is 17.9. The summed E-state index contributed by atoms with van der Waals surface area (Å²) < 4.78 is 29.2. The number of unbranched alkanes of at least 4 members (excludes halogenated alkanes) is 1. The molecule has 0 aliphatic carbocycles. The van der Waals surface area contributed by atoms with E-state index in [-0.39, 0.29) is 29.2 Å². The van der Waals surface area contributed by atoms with E-state index in [1.807, 2.05) is 6.92 Å². The van der Waals surface area contributed by atoms with Crippen molar-refractivity contribution < 1.29 is 17.6 Å². The lowest BCUT2D eigenvalue weighted by molar-refractivity contribution is -0.130. The van der Waals surface area contributed by atoms with Gasteiger partial charge in [0, 0.05) is 23.2 Å². The van der Waals surface area contributed by atoms with Crippen LogP contribution in [-0.4, -0.2) is 59.3 Å². The Balaban J connectivity index is 1.62. The zero-order valence-electron chi connectivity index (χ0n) is 15.5. The van der Waals surface area contributed by atoms with Crippen LogP contribution in [0.25, 0.3) is 11.5 Å². The highest BCUT2D eigenvalue weighted by Gasteiger charge is 2.34. The van der Waals surface area contributed by atoms with E-state index in [0.717, 1.165) is 30.2 Å². The summed E-state index contributed by atoms with van der Waals surface area (Å²) in [5, 5.41) is 8.89. The number of rotatable bonds is 8. The third-order valence-corrected chi connectivity index (χ3v) is 7.34. The molecule has 1 unspecified atom stereocenters. The average molecular weight is 444 g/mol. The summed E-state index contributed by atoms with van der Waals surface area (Å²) in [4.78, 5) is 14.4. The molecule has 0 saturated carbocycles. The third-order valence-electron chi connectivity index (χ3n) is 4.54. The van der Waals surface area contributed by atoms with Crippen LogP contribution in [0.2, 0.25) is 5.02 Å². The van der Waals surface area contributed by atoms with Gasteiger partial charge in [0.15, 0.2) is 9.84 Å². The Bertz CT molecular complexity index is 915. The topological polar surface area (TPSA) is 93.4 Å². The normalized spacial score (nSPS) is 18.3. The Morgan fingerprint density at radius 1 is 1.32 bits per heavy atom. The molecule has 0 radical (unpaired) electrons. The van der Waals surface area contributed by atoms with Gasteiger partial charge in [-0.25, -0.2) is 8.42 Å². The fourth-order valence-corrected chi connectivity index (χ4v) is 5.55. The SMILES string of the molecule is CCCCN(C(=O)CSc1nnc(-c2ccc(Cl)cc2)o1)C1CCS(=O)(=O)C1. The van der Waals surface area contributed by atoms with E-state index in [0.29, 0.717) is 29.1 Å². The Morgan fingerprint density at radius 3 is 2.71 bits per heavy atom. The van der Waals surface area contributed by atoms with Crippen molar-refractivity contribution in [3.8, 4) is 11.5 Å². The monoisotopic (exact) mass is 443 g/mol. The molecular weight excluding hydrogens is 422 g/mol. The van der Waals surface area contributed by atoms with Gasteiger partial charge in [-0.3, -0.25) is 4.79 Å². The van der Waals surface area contributed by atoms with E-state index >= 15 is 0 Å². The summed E-state index contributed by atoms with van der Waals surface area (Å²) in [6.45, 7) is 2.61. The van der Waals surface area contributed by atoms with Gasteiger partial charge in [-0.05, 0) is 37.1 Å². The second-order valence-corrected chi connectivity index (χ2v) is 10.3. The van der Waals surface area contributed by atoms with Crippen LogP contribution < -0.4 is 0 Å². The first-order valence-corrected chi connectivity index (χ1v) is 12.3. The molecule has 1 aromatic heterocycles. The zero-order chi connectivity index (χ0) is 20.1. The molecule has 1 aromatic carbocycles. The van der Waals surface area contributed by atoms with Crippen LogP contribution in [0.5, 0.6) is 0 Å². The maximum atomic E-state index is 12.7. The molecule has 0 N–H and O–H groups in total. The minimum atomic E-state index is -3.05. The van der Waals surface area contributed by atoms with E-state index in [2.05, 4.69) is 10.2 Å². The Morgan fingerprint density at radius 2 is 2.07 bits per heavy atom. The van der Waals surface area contributed by atoms with Crippen LogP contribution in [0, 0.1) is 0 Å². The number of thioether (sulfide) groups is 1. The van der Waals surface area contributed by atoms with Gasteiger partial charge in [0.2, 0.25) is 11.8 Å². The Hall–Kier alpha value is -1.58. The van der Waals surface area contributed by atoms with Crippen molar-refractivity contribution >= 4 is 39.1 Å². The van der Waals surface area contributed by atoms with Gasteiger partial charge in [-0.2, -0.15) is 0 Å². The molecule has 1 amide bonds. The predicted molar refractivity (Wildman–Crippen MR) is 109 cm³/mol. The van der Waals surface area contributed by atoms with Crippen molar-refractivity contribution in [2.45, 2.75) is 37.5 Å². The summed E-state index contributed by atoms with van der Waals surface area (Å²) in [5.41, 5.74) is 0.746. The van der Waals surface area contributed by atoms with Crippen molar-refractivity contribution in [3.05, 3.63) is 29.3 Å². The number of nitrogens with zero attached hydrogens (tertiary/aromatic N) is 3. The van der Waals surface area contributed by atoms with Gasteiger partial charge in [-0.1, -0.05) is 36.7 Å². The number of carbonyl (C=O) groups is 1. The number of hydrogen-bond donors (Lipinski definition) is 0. The lowest BCUT2D eigenvalue weighted by Gasteiger charge is -2.28. The molecule has 1 fully saturated rings. The first-order valence-electron chi connectivity index (χ1n) is 9.10. The number of carbonyl (C=O) groups excluding carboxylic acids is 1. The van der Waals surface area contributed by atoms with E-state index in [1.165, 1.54) is 0 Å². The molecular formula is C18H22ClN3O4S2. The van der Waals surface area contributed by atoms with Gasteiger partial charge >= 0.3 is 0 Å². The summed E-state index contributed by atoms with van der Waals surface area (Å²) in [6, 6.07) is 6.79. The number of halogens is 1. The van der Waals surface area contributed by atoms with Crippen LogP contribution >= 0.6 is 23.4 Å². The summed E-state index contributed by atoms with van der Waals surface area (Å²) in [5.74, 6) is 0.578. The fourth-order valence-electron chi connectivity index (χ4n) is 3.04. The maximum absolute atomic E-state index is 12.7. The van der Waals surface area contributed by atoms with Crippen LogP contribution in [0.15, 0.2) is 33.9 Å². The quantitative estimate of drug-likeness (QED) is 0.577. The van der Waals surface area contributed by atoms with Gasteiger partial charge in [0.05, 0.1) is 17.3 Å². The van der Waals surface area contributed by atoms with Gasteiger partial charge < -0.3 is 9.32 Å². The van der Waals surface area contributed by atoms with Gasteiger partial charge in [-0.15, -0.1) is 10.2 Å². The minimum Gasteiger partial charge on any atom is -0.411 e. The second-order valence-electron chi connectivity index (χ2n) is 6.67. The van der Waals surface area contributed by atoms with Gasteiger partial charge in [0.25, 0.3) is 5.22 Å². The van der Waals surface area contributed by atoms with Crippen LogP contribution in [-0.2, 0) is 14.6 Å². The maximum Gasteiger partial charge on any atom is 0.277 e. The highest BCUT2D eigenvalue weighted by Crippen LogP contribution is 2.25. The molecule has 0 spiro atoms. The molecule has 7 nitrogen and oxygen atoms in total. The molecule has 1 saturated heterocycles. The minimum absolute atomic E-state index is 0.0500. The highest BCUT2D eigenvalue weighted by molar-refractivity contribution is 7.99. The molecule has 1 aliphatic heterocycles. The lowest BCUT2D eigenvalue weighted by atomic mass is 10.2. The van der Waals surface area contributed by atoms with Crippen LogP contribution in [0.3, 0.4) is 0 Å². The predicted octanol–water partition coefficient (Wildman–Crippen LogP) is 3.30. The highest BCUT2D eigenvalue weighted by atomic mass is 35.5. The number of aromatic nitrogens is 2. The smallest absolute Gasteiger partial charge is 0.277 e. The summed E-state index contributed by atoms with van der Waals surface area (Å²) in [6.07, 6.45) is 2.28. The standard InChI is InChI=1S/C18H22ClN3O4S2/c1-2-3-9-22(15-8-10-28(24,25)12-15)16(23)11-27-18-21-20-17(26-18)13-4-6-14(19)7-5-13/h4-7,15H,2-3,8-12H2,1H3. The van der Waals surface area contributed by atoms with E-state index < -0.39 is 9.84 Å². The first-order chi connectivity index (χ1) is 13.4. The number of sulfone groups is 1. The molecule has 1 aliphatic rings. The van der Waals surface area contributed by atoms with Crippen molar-refractivity contribution in [2.75, 3.05) is 23.8 Å². The molecule has 28 heavy (non-hydrogen) atoms. The van der Waals surface area contributed by atoms with E-state index in [4.69, 9.17) is 16.0 Å². The van der Waals surface area contributed by atoms with Crippen LogP contribution in [0.1, 0.15) is 26.2 Å². The van der Waals surface area contributed by atoms with Crippen molar-refractivity contribution in [2.24, 2.45) is 0 Å². The molecule has 2 heterocycles. The van der Waals surface area contributed by atoms with E-state index in [1.54, 1.807) is 29.2 Å². The van der Waals surface area contributed by atoms with Gasteiger partial charge in [0.1, 0.15) is 0 Å². The molecule has 152 valence electrons. The van der Waals surface area contributed by atoms with E-state index in [9.17, 15) is 13.2 Å². The molecule has 1 atom stereocenters. The van der Waals surface area contributed by atoms with Crippen molar-refractivity contribution in [1.82, 2.24) is 15.1 Å². The second kappa shape index (κ2) is 9.28. The number of hydrogen-bond acceptors (Lipinski definition) is 7. The first kappa shape index (κ1) is 21.1. The largest absolute Gasteiger partial charge is 0.411 e. The molecule has 10 heteroatoms. The number of amides is 1. The lowest BCUT2D eigenvalue weighted by Crippen LogP contribution is -2.42. The Kier molecular flexibility index (Phi) is 7.00.